The lowest BCUT2D eigenvalue weighted by Crippen LogP contribution is -2.21. The summed E-state index contributed by atoms with van der Waals surface area (Å²) in [5, 5.41) is 2.83. The Labute approximate surface area is 162 Å². The molecule has 28 heavy (non-hydrogen) atoms. The molecule has 5 N–H and O–H groups in total. The standard InChI is InChI=1S/C21H21N5O2/c22-12-16(14-4-2-1-3-5-14)11-20(27)26-17-6-7-18(25-13-17)19-10-15(21(23)28)8-9-24-19/h1-10,13,16H,11-12,22H2,(H2,23,28)(H,26,27). The van der Waals surface area contributed by atoms with E-state index >= 15 is 0 Å². The topological polar surface area (TPSA) is 124 Å². The first kappa shape index (κ1) is 19.2. The van der Waals surface area contributed by atoms with Crippen molar-refractivity contribution in [2.24, 2.45) is 11.5 Å². The van der Waals surface area contributed by atoms with Gasteiger partial charge in [-0.2, -0.15) is 0 Å². The average molecular weight is 375 g/mol. The summed E-state index contributed by atoms with van der Waals surface area (Å²) in [6, 6.07) is 16.3. The number of rotatable bonds is 7. The second kappa shape index (κ2) is 8.88. The fourth-order valence-corrected chi connectivity index (χ4v) is 2.84. The first-order chi connectivity index (χ1) is 13.6. The summed E-state index contributed by atoms with van der Waals surface area (Å²) < 4.78 is 0. The highest BCUT2D eigenvalue weighted by Crippen LogP contribution is 2.20. The van der Waals surface area contributed by atoms with Crippen LogP contribution in [0.3, 0.4) is 0 Å². The van der Waals surface area contributed by atoms with Crippen LogP contribution in [0.15, 0.2) is 67.0 Å². The molecule has 0 aliphatic rings. The van der Waals surface area contributed by atoms with Crippen LogP contribution in [-0.2, 0) is 4.79 Å². The molecule has 2 heterocycles. The number of aromatic nitrogens is 2. The maximum absolute atomic E-state index is 12.4. The van der Waals surface area contributed by atoms with E-state index in [2.05, 4.69) is 15.3 Å². The monoisotopic (exact) mass is 375 g/mol. The molecule has 7 nitrogen and oxygen atoms in total. The van der Waals surface area contributed by atoms with Crippen LogP contribution >= 0.6 is 0 Å². The number of hydrogen-bond donors (Lipinski definition) is 3. The molecule has 2 amide bonds. The predicted octanol–water partition coefficient (Wildman–Crippen LogP) is 2.31. The Morgan fingerprint density at radius 1 is 1.00 bits per heavy atom. The third-order valence-corrected chi connectivity index (χ3v) is 4.34. The van der Waals surface area contributed by atoms with Crippen molar-refractivity contribution in [2.45, 2.75) is 12.3 Å². The number of carbonyl (C=O) groups excluding carboxylic acids is 2. The summed E-state index contributed by atoms with van der Waals surface area (Å²) in [4.78, 5) is 32.2. The quantitative estimate of drug-likeness (QED) is 0.584. The van der Waals surface area contributed by atoms with E-state index in [0.717, 1.165) is 5.56 Å². The highest BCUT2D eigenvalue weighted by molar-refractivity contribution is 5.93. The summed E-state index contributed by atoms with van der Waals surface area (Å²) in [5.41, 5.74) is 14.2. The van der Waals surface area contributed by atoms with E-state index in [1.165, 1.54) is 6.20 Å². The number of primary amides is 1. The van der Waals surface area contributed by atoms with Crippen molar-refractivity contribution in [1.82, 2.24) is 9.97 Å². The minimum absolute atomic E-state index is 0.0471. The number of hydrogen-bond acceptors (Lipinski definition) is 5. The summed E-state index contributed by atoms with van der Waals surface area (Å²) in [5.74, 6) is -0.711. The molecule has 0 spiro atoms. The van der Waals surface area contributed by atoms with Gasteiger partial charge in [0.25, 0.3) is 0 Å². The number of carbonyl (C=O) groups is 2. The molecule has 0 radical (unpaired) electrons. The molecule has 2 aromatic heterocycles. The van der Waals surface area contributed by atoms with Crippen LogP contribution in [0.5, 0.6) is 0 Å². The van der Waals surface area contributed by atoms with Crippen molar-refractivity contribution >= 4 is 17.5 Å². The molecule has 0 saturated heterocycles. The van der Waals surface area contributed by atoms with Crippen molar-refractivity contribution in [3.8, 4) is 11.4 Å². The summed E-state index contributed by atoms with van der Waals surface area (Å²) >= 11 is 0. The molecule has 1 unspecified atom stereocenters. The number of benzene rings is 1. The number of nitrogens with zero attached hydrogens (tertiary/aromatic N) is 2. The Morgan fingerprint density at radius 2 is 1.79 bits per heavy atom. The Hall–Kier alpha value is -3.58. The van der Waals surface area contributed by atoms with Crippen molar-refractivity contribution in [2.75, 3.05) is 11.9 Å². The van der Waals surface area contributed by atoms with E-state index in [-0.39, 0.29) is 18.2 Å². The third kappa shape index (κ3) is 4.77. The van der Waals surface area contributed by atoms with E-state index in [9.17, 15) is 9.59 Å². The van der Waals surface area contributed by atoms with E-state index in [1.54, 1.807) is 30.5 Å². The molecule has 1 aromatic carbocycles. The number of nitrogens with two attached hydrogens (primary N) is 2. The number of pyridine rings is 2. The Balaban J connectivity index is 1.66. The zero-order chi connectivity index (χ0) is 19.9. The van der Waals surface area contributed by atoms with Gasteiger partial charge in [-0.1, -0.05) is 30.3 Å². The van der Waals surface area contributed by atoms with Gasteiger partial charge < -0.3 is 16.8 Å². The Kier molecular flexibility index (Phi) is 6.08. The van der Waals surface area contributed by atoms with Gasteiger partial charge in [0.2, 0.25) is 11.8 Å². The van der Waals surface area contributed by atoms with Gasteiger partial charge in [-0.25, -0.2) is 0 Å². The first-order valence-electron chi connectivity index (χ1n) is 8.84. The van der Waals surface area contributed by atoms with E-state index < -0.39 is 5.91 Å². The fourth-order valence-electron chi connectivity index (χ4n) is 2.84. The van der Waals surface area contributed by atoms with Gasteiger partial charge in [0.05, 0.1) is 23.3 Å². The van der Waals surface area contributed by atoms with Crippen LogP contribution < -0.4 is 16.8 Å². The molecule has 7 heteroatoms. The Bertz CT molecular complexity index is 958. The minimum Gasteiger partial charge on any atom is -0.366 e. The highest BCUT2D eigenvalue weighted by atomic mass is 16.1. The van der Waals surface area contributed by atoms with Gasteiger partial charge >= 0.3 is 0 Å². The van der Waals surface area contributed by atoms with Crippen molar-refractivity contribution in [3.63, 3.8) is 0 Å². The zero-order valence-corrected chi connectivity index (χ0v) is 15.2. The lowest BCUT2D eigenvalue weighted by atomic mass is 9.95. The van der Waals surface area contributed by atoms with Crippen LogP contribution in [0.25, 0.3) is 11.4 Å². The van der Waals surface area contributed by atoms with Crippen LogP contribution in [0, 0.1) is 0 Å². The van der Waals surface area contributed by atoms with Crippen molar-refractivity contribution in [1.29, 1.82) is 0 Å². The fraction of sp³-hybridized carbons (Fsp3) is 0.143. The van der Waals surface area contributed by atoms with Gasteiger partial charge in [0.1, 0.15) is 0 Å². The smallest absolute Gasteiger partial charge is 0.248 e. The minimum atomic E-state index is -0.527. The molecule has 0 aliphatic heterocycles. The van der Waals surface area contributed by atoms with E-state index in [1.807, 2.05) is 30.3 Å². The number of nitrogens with one attached hydrogen (secondary N) is 1. The molecule has 3 aromatic rings. The maximum Gasteiger partial charge on any atom is 0.248 e. The first-order valence-corrected chi connectivity index (χ1v) is 8.84. The van der Waals surface area contributed by atoms with Gasteiger partial charge in [-0.15, -0.1) is 0 Å². The molecule has 1 atom stereocenters. The van der Waals surface area contributed by atoms with Crippen molar-refractivity contribution in [3.05, 3.63) is 78.1 Å². The van der Waals surface area contributed by atoms with Crippen molar-refractivity contribution < 1.29 is 9.59 Å². The van der Waals surface area contributed by atoms with E-state index in [4.69, 9.17) is 11.5 Å². The molecule has 142 valence electrons. The second-order valence-corrected chi connectivity index (χ2v) is 6.32. The summed E-state index contributed by atoms with van der Waals surface area (Å²) in [7, 11) is 0. The maximum atomic E-state index is 12.4. The molecule has 0 aliphatic carbocycles. The summed E-state index contributed by atoms with van der Waals surface area (Å²) in [6.45, 7) is 0.385. The Morgan fingerprint density at radius 3 is 2.43 bits per heavy atom. The highest BCUT2D eigenvalue weighted by Gasteiger charge is 2.15. The molecule has 0 saturated carbocycles. The molecular weight excluding hydrogens is 354 g/mol. The van der Waals surface area contributed by atoms with Gasteiger partial charge in [-0.05, 0) is 36.4 Å². The lowest BCUT2D eigenvalue weighted by Gasteiger charge is -2.15. The zero-order valence-electron chi connectivity index (χ0n) is 15.2. The molecule has 0 fully saturated rings. The van der Waals surface area contributed by atoms with Gasteiger partial charge in [0.15, 0.2) is 0 Å². The summed E-state index contributed by atoms with van der Waals surface area (Å²) in [6.07, 6.45) is 3.33. The van der Waals surface area contributed by atoms with Gasteiger partial charge in [-0.3, -0.25) is 19.6 Å². The van der Waals surface area contributed by atoms with Crippen LogP contribution in [0.1, 0.15) is 28.3 Å². The SMILES string of the molecule is NCC(CC(=O)Nc1ccc(-c2cc(C(N)=O)ccn2)nc1)c1ccccc1. The number of amides is 2. The second-order valence-electron chi connectivity index (χ2n) is 6.32. The number of anilines is 1. The molecular formula is C21H21N5O2. The molecule has 3 rings (SSSR count). The average Bonchev–Trinajstić information content (AvgIpc) is 2.73. The normalized spacial score (nSPS) is 11.6. The van der Waals surface area contributed by atoms with Crippen LogP contribution in [0.2, 0.25) is 0 Å². The largest absolute Gasteiger partial charge is 0.366 e. The lowest BCUT2D eigenvalue weighted by molar-refractivity contribution is -0.116. The van der Waals surface area contributed by atoms with Gasteiger partial charge in [0, 0.05) is 24.1 Å². The molecule has 0 bridgehead atoms. The third-order valence-electron chi connectivity index (χ3n) is 4.34. The predicted molar refractivity (Wildman–Crippen MR) is 107 cm³/mol. The van der Waals surface area contributed by atoms with E-state index in [0.29, 0.717) is 29.2 Å². The van der Waals surface area contributed by atoms with Crippen LogP contribution in [0.4, 0.5) is 5.69 Å². The van der Waals surface area contributed by atoms with Crippen LogP contribution in [-0.4, -0.2) is 28.3 Å².